The van der Waals surface area contributed by atoms with Crippen molar-refractivity contribution in [2.24, 2.45) is 0 Å². The van der Waals surface area contributed by atoms with Crippen LogP contribution in [0.3, 0.4) is 0 Å². The highest BCUT2D eigenvalue weighted by atomic mass is 16.8. The lowest BCUT2D eigenvalue weighted by molar-refractivity contribution is -0.208. The Hall–Kier alpha value is -0.940. The van der Waals surface area contributed by atoms with Gasteiger partial charge in [-0.15, -0.1) is 0 Å². The highest BCUT2D eigenvalue weighted by Gasteiger charge is 2.45. The van der Waals surface area contributed by atoms with Crippen molar-refractivity contribution in [2.45, 2.75) is 57.4 Å². The zero-order valence-electron chi connectivity index (χ0n) is 13.4. The van der Waals surface area contributed by atoms with Crippen molar-refractivity contribution >= 4 is 0 Å². The summed E-state index contributed by atoms with van der Waals surface area (Å²) in [6, 6.07) is 10.1. The van der Waals surface area contributed by atoms with Crippen LogP contribution in [0, 0.1) is 0 Å². The Kier molecular flexibility index (Phi) is 4.80. The first-order chi connectivity index (χ1) is 10.8. The maximum absolute atomic E-state index is 7.78. The molecule has 0 aromatic heterocycles. The van der Waals surface area contributed by atoms with Crippen molar-refractivity contribution in [1.29, 1.82) is 0 Å². The molecule has 1 aromatic rings. The van der Waals surface area contributed by atoms with Gasteiger partial charge < -0.3 is 18.9 Å². The molecule has 2 aliphatic heterocycles. The normalized spacial score (nSPS) is 33.7. The smallest absolute Gasteiger partial charge is 0.184 e. The third-order valence-corrected chi connectivity index (χ3v) is 3.94. The standard InChI is InChI=1S/C17H24O4/c1-2-3-9-18-15-10-14(16-12-20-17(15)21-16)19-11-13-7-5-4-6-8-13/h4-8,14-17H,2-3,9-12H2,1H3/t14-,15+,16+,17?/m0/s1/i3D/t3?,14-,15+,16+,17?. The Bertz CT molecular complexity index is 455. The summed E-state index contributed by atoms with van der Waals surface area (Å²) in [5.41, 5.74) is 1.15. The summed E-state index contributed by atoms with van der Waals surface area (Å²) in [7, 11) is 0. The topological polar surface area (TPSA) is 36.9 Å². The third-order valence-electron chi connectivity index (χ3n) is 3.94. The van der Waals surface area contributed by atoms with E-state index in [4.69, 9.17) is 20.3 Å². The first-order valence-corrected chi connectivity index (χ1v) is 7.72. The lowest BCUT2D eigenvalue weighted by Crippen LogP contribution is -2.44. The van der Waals surface area contributed by atoms with Gasteiger partial charge in [0.2, 0.25) is 0 Å². The number of rotatable bonds is 7. The third kappa shape index (κ3) is 3.83. The highest BCUT2D eigenvalue weighted by Crippen LogP contribution is 2.31. The van der Waals surface area contributed by atoms with Gasteiger partial charge in [-0.25, -0.2) is 0 Å². The van der Waals surface area contributed by atoms with Gasteiger partial charge in [0.25, 0.3) is 0 Å². The lowest BCUT2D eigenvalue weighted by Gasteiger charge is -2.33. The molecule has 2 saturated heterocycles. The van der Waals surface area contributed by atoms with Crippen molar-refractivity contribution in [3.8, 4) is 0 Å². The van der Waals surface area contributed by atoms with Crippen LogP contribution >= 0.6 is 0 Å². The Morgan fingerprint density at radius 2 is 2.10 bits per heavy atom. The van der Waals surface area contributed by atoms with Crippen molar-refractivity contribution in [3.63, 3.8) is 0 Å². The van der Waals surface area contributed by atoms with E-state index in [0.29, 0.717) is 19.8 Å². The minimum Gasteiger partial charge on any atom is -0.373 e. The minimum atomic E-state index is -0.300. The van der Waals surface area contributed by atoms with Crippen LogP contribution in [0.15, 0.2) is 30.3 Å². The van der Waals surface area contributed by atoms with Crippen LogP contribution in [0.25, 0.3) is 0 Å². The van der Waals surface area contributed by atoms with Crippen LogP contribution in [0.5, 0.6) is 0 Å². The quantitative estimate of drug-likeness (QED) is 0.774. The van der Waals surface area contributed by atoms with Crippen molar-refractivity contribution < 1.29 is 20.3 Å². The maximum atomic E-state index is 7.78. The molecule has 0 spiro atoms. The molecule has 1 aromatic carbocycles. The van der Waals surface area contributed by atoms with E-state index in [1.807, 2.05) is 25.1 Å². The second-order valence-electron chi connectivity index (χ2n) is 5.52. The van der Waals surface area contributed by atoms with Gasteiger partial charge in [-0.05, 0) is 12.0 Å². The maximum Gasteiger partial charge on any atom is 0.184 e. The summed E-state index contributed by atoms with van der Waals surface area (Å²) in [5, 5.41) is 0. The van der Waals surface area contributed by atoms with E-state index in [1.165, 1.54) is 0 Å². The number of ether oxygens (including phenoxy) is 4. The molecule has 21 heavy (non-hydrogen) atoms. The molecular weight excluding hydrogens is 268 g/mol. The summed E-state index contributed by atoms with van der Waals surface area (Å²) in [6.07, 6.45) is 0.891. The second-order valence-corrected chi connectivity index (χ2v) is 5.52. The van der Waals surface area contributed by atoms with Crippen molar-refractivity contribution in [1.82, 2.24) is 0 Å². The first kappa shape index (κ1) is 13.7. The van der Waals surface area contributed by atoms with Gasteiger partial charge in [-0.3, -0.25) is 0 Å². The zero-order chi connectivity index (χ0) is 15.4. The molecule has 2 unspecified atom stereocenters. The number of hydrogen-bond acceptors (Lipinski definition) is 4. The van der Waals surface area contributed by atoms with Gasteiger partial charge in [0.1, 0.15) is 12.2 Å². The molecule has 0 radical (unpaired) electrons. The first-order valence-electron chi connectivity index (χ1n) is 8.30. The van der Waals surface area contributed by atoms with Crippen molar-refractivity contribution in [2.75, 3.05) is 13.2 Å². The summed E-state index contributed by atoms with van der Waals surface area (Å²) in [5.74, 6) is 0. The van der Waals surface area contributed by atoms with E-state index in [0.717, 1.165) is 18.4 Å². The molecule has 2 heterocycles. The zero-order valence-corrected chi connectivity index (χ0v) is 12.4. The van der Waals surface area contributed by atoms with E-state index in [1.54, 1.807) is 0 Å². The SMILES string of the molecule is [2H]C(CC)CO[C@@H]1C[C@H](OCc2ccccc2)[C@H]2COC1O2. The van der Waals surface area contributed by atoms with Gasteiger partial charge >= 0.3 is 0 Å². The number of hydrogen-bond donors (Lipinski definition) is 0. The molecule has 0 aliphatic carbocycles. The van der Waals surface area contributed by atoms with E-state index in [2.05, 4.69) is 12.1 Å². The lowest BCUT2D eigenvalue weighted by atomic mass is 10.0. The number of benzene rings is 1. The fourth-order valence-corrected chi connectivity index (χ4v) is 2.73. The van der Waals surface area contributed by atoms with E-state index in [-0.39, 0.29) is 31.0 Å². The summed E-state index contributed by atoms with van der Waals surface area (Å²) >= 11 is 0. The average molecular weight is 293 g/mol. The molecule has 4 nitrogen and oxygen atoms in total. The molecule has 4 heteroatoms. The second kappa shape index (κ2) is 7.36. The van der Waals surface area contributed by atoms with Crippen LogP contribution in [0.4, 0.5) is 0 Å². The highest BCUT2D eigenvalue weighted by molar-refractivity contribution is 5.13. The molecule has 3 rings (SSSR count). The molecule has 0 N–H and O–H groups in total. The summed E-state index contributed by atoms with van der Waals surface area (Å²) in [4.78, 5) is 0. The van der Waals surface area contributed by atoms with Crippen LogP contribution in [0.2, 0.25) is 0 Å². The van der Waals surface area contributed by atoms with Gasteiger partial charge in [0.15, 0.2) is 6.29 Å². The molecule has 0 saturated carbocycles. The Morgan fingerprint density at radius 1 is 1.24 bits per heavy atom. The fraction of sp³-hybridized carbons (Fsp3) is 0.647. The van der Waals surface area contributed by atoms with Gasteiger partial charge in [0, 0.05) is 14.4 Å². The largest absolute Gasteiger partial charge is 0.373 e. The Labute approximate surface area is 127 Å². The van der Waals surface area contributed by atoms with E-state index >= 15 is 0 Å². The van der Waals surface area contributed by atoms with Gasteiger partial charge in [-0.2, -0.15) is 0 Å². The van der Waals surface area contributed by atoms with Gasteiger partial charge in [0.05, 0.1) is 19.3 Å². The Morgan fingerprint density at radius 3 is 2.90 bits per heavy atom. The molecule has 116 valence electrons. The number of fused-ring (bicyclic) bond motifs is 2. The molecular formula is C17H24O4. The monoisotopic (exact) mass is 293 g/mol. The predicted molar refractivity (Wildman–Crippen MR) is 78.9 cm³/mol. The van der Waals surface area contributed by atoms with Crippen LogP contribution in [-0.2, 0) is 25.6 Å². The molecule has 2 fully saturated rings. The summed E-state index contributed by atoms with van der Waals surface area (Å²) < 4.78 is 31.1. The average Bonchev–Trinajstić information content (AvgIpc) is 2.98. The van der Waals surface area contributed by atoms with Crippen LogP contribution in [-0.4, -0.2) is 37.8 Å². The molecule has 2 bridgehead atoms. The minimum absolute atomic E-state index is 0.00784. The molecule has 0 amide bonds. The van der Waals surface area contributed by atoms with Crippen LogP contribution in [0.1, 0.15) is 33.1 Å². The fourth-order valence-electron chi connectivity index (χ4n) is 2.73. The van der Waals surface area contributed by atoms with Crippen molar-refractivity contribution in [3.05, 3.63) is 35.9 Å². The van der Waals surface area contributed by atoms with E-state index < -0.39 is 0 Å². The molecule has 5 atom stereocenters. The molecule has 2 aliphatic rings. The predicted octanol–water partition coefficient (Wildman–Crippen LogP) is 2.90. The van der Waals surface area contributed by atoms with Crippen LogP contribution < -0.4 is 0 Å². The summed E-state index contributed by atoms with van der Waals surface area (Å²) in [6.45, 7) is 3.54. The van der Waals surface area contributed by atoms with E-state index in [9.17, 15) is 0 Å². The van der Waals surface area contributed by atoms with Gasteiger partial charge in [-0.1, -0.05) is 43.7 Å². The Balaban J connectivity index is 1.53.